The van der Waals surface area contributed by atoms with E-state index in [1.807, 2.05) is 0 Å². The Hall–Kier alpha value is -0.820. The van der Waals surface area contributed by atoms with E-state index in [-0.39, 0.29) is 24.0 Å². The minimum Gasteiger partial charge on any atom is -0.370 e. The lowest BCUT2D eigenvalue weighted by Crippen LogP contribution is -2.33. The van der Waals surface area contributed by atoms with Crippen LogP contribution in [0.5, 0.6) is 0 Å². The van der Waals surface area contributed by atoms with Gasteiger partial charge in [0.1, 0.15) is 0 Å². The van der Waals surface area contributed by atoms with Gasteiger partial charge in [0, 0.05) is 12.6 Å². The Bertz CT molecular complexity index is 462. The first-order valence-electron chi connectivity index (χ1n) is 7.66. The summed E-state index contributed by atoms with van der Waals surface area (Å²) in [6, 6.07) is 9.33. The van der Waals surface area contributed by atoms with Gasteiger partial charge in [-0.1, -0.05) is 24.3 Å². The molecule has 21 heavy (non-hydrogen) atoms. The maximum absolute atomic E-state index is 5.83. The van der Waals surface area contributed by atoms with Crippen LogP contribution in [-0.4, -0.2) is 30.0 Å². The molecular weight excluding hydrogens is 375 g/mol. The third kappa shape index (κ3) is 5.47. The highest BCUT2D eigenvalue weighted by Crippen LogP contribution is 2.18. The van der Waals surface area contributed by atoms with Crippen LogP contribution in [0.3, 0.4) is 0 Å². The number of benzene rings is 1. The lowest BCUT2D eigenvalue weighted by atomic mass is 10.1. The van der Waals surface area contributed by atoms with Crippen molar-refractivity contribution < 1.29 is 0 Å². The molecule has 0 unspecified atom stereocenters. The molecule has 4 nitrogen and oxygen atoms in total. The molecule has 1 saturated heterocycles. The quantitative estimate of drug-likeness (QED) is 0.454. The number of aliphatic imine (C=N–C) groups is 1. The Morgan fingerprint density at radius 3 is 2.38 bits per heavy atom. The molecule has 3 rings (SSSR count). The smallest absolute Gasteiger partial charge is 0.189 e. The predicted octanol–water partition coefficient (Wildman–Crippen LogP) is 2.47. The number of halogens is 1. The van der Waals surface area contributed by atoms with Gasteiger partial charge in [-0.25, -0.2) is 4.99 Å². The highest BCUT2D eigenvalue weighted by molar-refractivity contribution is 14.0. The molecule has 3 N–H and O–H groups in total. The van der Waals surface area contributed by atoms with Crippen molar-refractivity contribution in [2.45, 2.75) is 44.8 Å². The Balaban J connectivity index is 0.00000161. The van der Waals surface area contributed by atoms with Crippen LogP contribution in [-0.2, 0) is 13.1 Å². The molecule has 1 heterocycles. The number of hydrogen-bond donors (Lipinski definition) is 2. The molecule has 1 aromatic carbocycles. The van der Waals surface area contributed by atoms with Crippen molar-refractivity contribution in [1.82, 2.24) is 10.2 Å². The number of rotatable bonds is 5. The normalized spacial score (nSPS) is 19.3. The third-order valence-corrected chi connectivity index (χ3v) is 3.99. The van der Waals surface area contributed by atoms with E-state index >= 15 is 0 Å². The van der Waals surface area contributed by atoms with Gasteiger partial charge < -0.3 is 11.1 Å². The Kier molecular flexibility index (Phi) is 6.29. The zero-order valence-corrected chi connectivity index (χ0v) is 14.8. The van der Waals surface area contributed by atoms with Gasteiger partial charge in [-0.3, -0.25) is 4.90 Å². The highest BCUT2D eigenvalue weighted by atomic mass is 127. The summed E-state index contributed by atoms with van der Waals surface area (Å²) in [4.78, 5) is 6.90. The van der Waals surface area contributed by atoms with E-state index in [0.29, 0.717) is 18.5 Å². The molecule has 0 atom stereocenters. The number of nitrogens with two attached hydrogens (primary N) is 1. The van der Waals surface area contributed by atoms with Gasteiger partial charge in [-0.2, -0.15) is 0 Å². The van der Waals surface area contributed by atoms with Gasteiger partial charge in [-0.15, -0.1) is 24.0 Å². The van der Waals surface area contributed by atoms with Crippen LogP contribution >= 0.6 is 24.0 Å². The Morgan fingerprint density at radius 1 is 1.14 bits per heavy atom. The number of nitrogens with zero attached hydrogens (tertiary/aromatic N) is 2. The van der Waals surface area contributed by atoms with Gasteiger partial charge >= 0.3 is 0 Å². The van der Waals surface area contributed by atoms with E-state index < -0.39 is 0 Å². The maximum atomic E-state index is 5.83. The first-order chi connectivity index (χ1) is 9.79. The number of guanidine groups is 1. The monoisotopic (exact) mass is 400 g/mol. The number of hydrogen-bond acceptors (Lipinski definition) is 2. The van der Waals surface area contributed by atoms with Crippen LogP contribution in [0.1, 0.15) is 36.8 Å². The Labute approximate surface area is 144 Å². The summed E-state index contributed by atoms with van der Waals surface area (Å²) in [5.74, 6) is 0.577. The zero-order valence-electron chi connectivity index (χ0n) is 12.4. The molecule has 2 fully saturated rings. The van der Waals surface area contributed by atoms with Gasteiger partial charge in [0.2, 0.25) is 0 Å². The molecule has 0 bridgehead atoms. The van der Waals surface area contributed by atoms with Crippen LogP contribution in [0.25, 0.3) is 0 Å². The maximum Gasteiger partial charge on any atom is 0.189 e. The number of nitrogens with one attached hydrogen (secondary N) is 1. The molecule has 1 aliphatic heterocycles. The molecular formula is C16H25IN4. The summed E-state index contributed by atoms with van der Waals surface area (Å²) < 4.78 is 0. The standard InChI is InChI=1S/C16H24N4.HI/c17-16(19-15-7-8-15)18-11-13-3-5-14(6-4-13)12-20-9-1-2-10-20;/h3-6,15H,1-2,7-12H2,(H3,17,18,19);1H. The molecule has 1 aliphatic carbocycles. The summed E-state index contributed by atoms with van der Waals surface area (Å²) in [5.41, 5.74) is 8.44. The van der Waals surface area contributed by atoms with Crippen molar-refractivity contribution >= 4 is 29.9 Å². The minimum absolute atomic E-state index is 0. The van der Waals surface area contributed by atoms with Crippen LogP contribution in [0.4, 0.5) is 0 Å². The largest absolute Gasteiger partial charge is 0.370 e. The van der Waals surface area contributed by atoms with Gasteiger partial charge in [0.25, 0.3) is 0 Å². The average molecular weight is 400 g/mol. The van der Waals surface area contributed by atoms with Crippen LogP contribution in [0, 0.1) is 0 Å². The first kappa shape index (κ1) is 16.5. The van der Waals surface area contributed by atoms with E-state index in [4.69, 9.17) is 5.73 Å². The second kappa shape index (κ2) is 7.98. The van der Waals surface area contributed by atoms with E-state index in [0.717, 1.165) is 6.54 Å². The Morgan fingerprint density at radius 2 is 1.76 bits per heavy atom. The van der Waals surface area contributed by atoms with Crippen LogP contribution < -0.4 is 11.1 Å². The van der Waals surface area contributed by atoms with Gasteiger partial charge in [0.15, 0.2) is 5.96 Å². The van der Waals surface area contributed by atoms with E-state index in [2.05, 4.69) is 39.5 Å². The molecule has 0 spiro atoms. The van der Waals surface area contributed by atoms with Crippen molar-refractivity contribution in [3.63, 3.8) is 0 Å². The predicted molar refractivity (Wildman–Crippen MR) is 97.9 cm³/mol. The van der Waals surface area contributed by atoms with Crippen molar-refractivity contribution in [1.29, 1.82) is 0 Å². The first-order valence-corrected chi connectivity index (χ1v) is 7.66. The SMILES string of the molecule is I.NC(=NCc1ccc(CN2CCCC2)cc1)NC1CC1. The zero-order chi connectivity index (χ0) is 13.8. The van der Waals surface area contributed by atoms with E-state index in [1.165, 1.54) is 49.9 Å². The molecule has 0 amide bonds. The molecule has 0 aromatic heterocycles. The topological polar surface area (TPSA) is 53.6 Å². The average Bonchev–Trinajstić information content (AvgIpc) is 3.12. The summed E-state index contributed by atoms with van der Waals surface area (Å²) in [6.07, 6.45) is 5.14. The molecule has 5 heteroatoms. The van der Waals surface area contributed by atoms with E-state index in [9.17, 15) is 0 Å². The molecule has 116 valence electrons. The van der Waals surface area contributed by atoms with Crippen molar-refractivity contribution in [3.8, 4) is 0 Å². The van der Waals surface area contributed by atoms with E-state index in [1.54, 1.807) is 0 Å². The van der Waals surface area contributed by atoms with Crippen molar-refractivity contribution in [2.24, 2.45) is 10.7 Å². The molecule has 2 aliphatic rings. The lowest BCUT2D eigenvalue weighted by Gasteiger charge is -2.14. The number of likely N-dealkylation sites (tertiary alicyclic amines) is 1. The van der Waals surface area contributed by atoms with Crippen LogP contribution in [0.2, 0.25) is 0 Å². The third-order valence-electron chi connectivity index (χ3n) is 3.99. The van der Waals surface area contributed by atoms with Gasteiger partial charge in [0.05, 0.1) is 6.54 Å². The highest BCUT2D eigenvalue weighted by Gasteiger charge is 2.21. The van der Waals surface area contributed by atoms with Crippen molar-refractivity contribution in [2.75, 3.05) is 13.1 Å². The fourth-order valence-electron chi connectivity index (χ4n) is 2.61. The molecule has 1 aromatic rings. The summed E-state index contributed by atoms with van der Waals surface area (Å²) in [7, 11) is 0. The van der Waals surface area contributed by atoms with Crippen LogP contribution in [0.15, 0.2) is 29.3 Å². The minimum atomic E-state index is 0. The van der Waals surface area contributed by atoms with Crippen molar-refractivity contribution in [3.05, 3.63) is 35.4 Å². The molecule has 0 radical (unpaired) electrons. The fraction of sp³-hybridized carbons (Fsp3) is 0.562. The summed E-state index contributed by atoms with van der Waals surface area (Å²) in [6.45, 7) is 4.23. The van der Waals surface area contributed by atoms with Gasteiger partial charge in [-0.05, 0) is 49.9 Å². The summed E-state index contributed by atoms with van der Waals surface area (Å²) in [5, 5.41) is 3.20. The second-order valence-corrected chi connectivity index (χ2v) is 5.92. The second-order valence-electron chi connectivity index (χ2n) is 5.92. The lowest BCUT2D eigenvalue weighted by molar-refractivity contribution is 0.331. The molecule has 1 saturated carbocycles. The fourth-order valence-corrected chi connectivity index (χ4v) is 2.61. The summed E-state index contributed by atoms with van der Waals surface area (Å²) >= 11 is 0.